The van der Waals surface area contributed by atoms with Crippen molar-refractivity contribution in [1.29, 1.82) is 0 Å². The van der Waals surface area contributed by atoms with Crippen LogP contribution in [0.2, 0.25) is 0 Å². The third-order valence-electron chi connectivity index (χ3n) is 0.515. The number of hydrogen-bond acceptors (Lipinski definition) is 8. The molecule has 0 saturated heterocycles. The van der Waals surface area contributed by atoms with Crippen LogP contribution in [0.3, 0.4) is 0 Å². The van der Waals surface area contributed by atoms with Crippen LogP contribution in [-0.2, 0) is 50.4 Å². The molecule has 0 fully saturated rings. The van der Waals surface area contributed by atoms with Crippen LogP contribution in [0.4, 0.5) is 0 Å². The molecule has 0 bridgehead atoms. The van der Waals surface area contributed by atoms with Crippen LogP contribution in [-0.4, -0.2) is 46.3 Å². The van der Waals surface area contributed by atoms with Crippen LogP contribution >= 0.6 is 0 Å². The van der Waals surface area contributed by atoms with Gasteiger partial charge in [0, 0.05) is 26.1 Å². The number of rotatable bonds is 0. The third kappa shape index (κ3) is 162. The first-order valence-corrected chi connectivity index (χ1v) is 6.17. The largest absolute Gasteiger partial charge is 2.00 e. The Morgan fingerprint density at radius 3 is 0.870 bits per heavy atom. The summed E-state index contributed by atoms with van der Waals surface area (Å²) in [6, 6.07) is 0. The second-order valence-electron chi connectivity index (χ2n) is 4.12. The van der Waals surface area contributed by atoms with E-state index in [4.69, 9.17) is 10.2 Å². The maximum Gasteiger partial charge on any atom is 2.00 e. The Bertz CT molecular complexity index is 265. The molecule has 134 valence electrons. The molecule has 0 rings (SSSR count). The van der Waals surface area contributed by atoms with E-state index in [0.29, 0.717) is 0 Å². The predicted octanol–water partition coefficient (Wildman–Crippen LogP) is 0.592. The molecule has 2 N–H and O–H groups in total. The molecule has 0 aromatic heterocycles. The first-order valence-electron chi connectivity index (χ1n) is 6.17. The second-order valence-corrected chi connectivity index (χ2v) is 4.12. The van der Waals surface area contributed by atoms with Gasteiger partial charge in [0.05, 0.1) is 0 Å². The molecule has 0 heterocycles. The van der Waals surface area contributed by atoms with E-state index >= 15 is 0 Å². The summed E-state index contributed by atoms with van der Waals surface area (Å²) in [5, 5.41) is 16.1. The van der Waals surface area contributed by atoms with E-state index < -0.39 is 23.9 Å². The molecule has 0 aliphatic carbocycles. The Hall–Kier alpha value is -1.35. The SMILES string of the molecule is CC(C)O.CC(C)O.[CH2-]C(=O)OC(C)=O.[CH2-]C(=O)OC(C)=O.[Ti+2]. The van der Waals surface area contributed by atoms with E-state index in [2.05, 4.69) is 23.3 Å². The van der Waals surface area contributed by atoms with Gasteiger partial charge in [-0.25, -0.2) is 0 Å². The predicted molar refractivity (Wildman–Crippen MR) is 79.0 cm³/mol. The van der Waals surface area contributed by atoms with Gasteiger partial charge in [-0.2, -0.15) is 0 Å². The molecule has 0 spiro atoms. The number of carbonyl (C=O) groups excluding carboxylic acids is 4. The fraction of sp³-hybridized carbons (Fsp3) is 0.571. The number of aliphatic hydroxyl groups excluding tert-OH is 2. The normalized spacial score (nSPS) is 7.74. The van der Waals surface area contributed by atoms with Crippen molar-refractivity contribution in [3.8, 4) is 0 Å². The molecule has 8 nitrogen and oxygen atoms in total. The Morgan fingerprint density at radius 1 is 0.739 bits per heavy atom. The van der Waals surface area contributed by atoms with Crippen LogP contribution in [0.1, 0.15) is 41.5 Å². The van der Waals surface area contributed by atoms with E-state index in [1.165, 1.54) is 0 Å². The average molecular weight is 370 g/mol. The summed E-state index contributed by atoms with van der Waals surface area (Å²) in [5.74, 6) is -2.88. The maximum absolute atomic E-state index is 9.77. The molecular formula is C14H26O8Ti. The van der Waals surface area contributed by atoms with Gasteiger partial charge < -0.3 is 19.7 Å². The van der Waals surface area contributed by atoms with Crippen molar-refractivity contribution in [2.45, 2.75) is 53.8 Å². The minimum Gasteiger partial charge on any atom is -0.421 e. The van der Waals surface area contributed by atoms with Crippen LogP contribution in [0.25, 0.3) is 0 Å². The van der Waals surface area contributed by atoms with Crippen molar-refractivity contribution < 1.29 is 60.6 Å². The number of carbonyl (C=O) groups is 4. The van der Waals surface area contributed by atoms with Gasteiger partial charge in [-0.15, -0.1) is 0 Å². The van der Waals surface area contributed by atoms with E-state index in [1.807, 2.05) is 0 Å². The zero-order chi connectivity index (χ0) is 18.9. The summed E-state index contributed by atoms with van der Waals surface area (Å²) < 4.78 is 7.72. The van der Waals surface area contributed by atoms with Gasteiger partial charge in [0.25, 0.3) is 0 Å². The summed E-state index contributed by atoms with van der Waals surface area (Å²) in [5.41, 5.74) is 0. The summed E-state index contributed by atoms with van der Waals surface area (Å²) in [7, 11) is 0. The summed E-state index contributed by atoms with van der Waals surface area (Å²) in [6.45, 7) is 14.8. The Kier molecular flexibility index (Phi) is 33.2. The van der Waals surface area contributed by atoms with Crippen LogP contribution in [0.5, 0.6) is 0 Å². The summed E-state index contributed by atoms with van der Waals surface area (Å²) >= 11 is 0. The van der Waals surface area contributed by atoms with Crippen molar-refractivity contribution in [3.63, 3.8) is 0 Å². The third-order valence-corrected chi connectivity index (χ3v) is 0.515. The van der Waals surface area contributed by atoms with Crippen molar-refractivity contribution in [1.82, 2.24) is 0 Å². The average Bonchev–Trinajstić information content (AvgIpc) is 2.10. The topological polar surface area (TPSA) is 127 Å². The van der Waals surface area contributed by atoms with Crippen LogP contribution in [0, 0.1) is 13.8 Å². The molecule has 0 unspecified atom stereocenters. The van der Waals surface area contributed by atoms with Crippen molar-refractivity contribution >= 4 is 23.9 Å². The Labute approximate surface area is 152 Å². The van der Waals surface area contributed by atoms with Crippen molar-refractivity contribution in [2.24, 2.45) is 0 Å². The fourth-order valence-corrected chi connectivity index (χ4v) is 0.321. The van der Waals surface area contributed by atoms with Gasteiger partial charge in [0.1, 0.15) is 0 Å². The molecule has 0 amide bonds. The second kappa shape index (κ2) is 22.9. The van der Waals surface area contributed by atoms with Gasteiger partial charge >= 0.3 is 33.7 Å². The first-order chi connectivity index (χ1) is 9.72. The van der Waals surface area contributed by atoms with Crippen LogP contribution in [0.15, 0.2) is 0 Å². The Morgan fingerprint density at radius 2 is 0.870 bits per heavy atom. The molecule has 0 aromatic carbocycles. The van der Waals surface area contributed by atoms with Crippen molar-refractivity contribution in [2.75, 3.05) is 0 Å². The monoisotopic (exact) mass is 370 g/mol. The Balaban J connectivity index is -0.0000000639. The molecule has 23 heavy (non-hydrogen) atoms. The standard InChI is InChI=1S/2C4H5O3.2C3H8O.Ti/c2*1-3(5)7-4(2)6;2*1-3(2)4;/h2*1H2,2H3;2*3-4H,1-2H3;/q2*-1;;;+2. The molecule has 0 atom stereocenters. The smallest absolute Gasteiger partial charge is 0.421 e. The molecule has 0 aromatic rings. The van der Waals surface area contributed by atoms with Gasteiger partial charge in [0.15, 0.2) is 11.9 Å². The van der Waals surface area contributed by atoms with E-state index in [-0.39, 0.29) is 33.9 Å². The molecule has 0 aliphatic rings. The maximum atomic E-state index is 9.77. The number of aliphatic hydroxyl groups is 2. The van der Waals surface area contributed by atoms with E-state index in [9.17, 15) is 19.2 Å². The molecular weight excluding hydrogens is 344 g/mol. The summed E-state index contributed by atoms with van der Waals surface area (Å²) in [4.78, 5) is 38.9. The summed E-state index contributed by atoms with van der Waals surface area (Å²) in [6.07, 6.45) is -0.333. The molecule has 0 aliphatic heterocycles. The van der Waals surface area contributed by atoms with Gasteiger partial charge in [-0.3, -0.25) is 33.0 Å². The minimum absolute atomic E-state index is 0. The first kappa shape index (κ1) is 33.3. The van der Waals surface area contributed by atoms with Crippen LogP contribution < -0.4 is 0 Å². The van der Waals surface area contributed by atoms with Crippen molar-refractivity contribution in [3.05, 3.63) is 13.8 Å². The van der Waals surface area contributed by atoms with Gasteiger partial charge in [-0.1, -0.05) is 0 Å². The molecule has 9 heteroatoms. The minimum atomic E-state index is -0.813. The van der Waals surface area contributed by atoms with Gasteiger partial charge in [-0.05, 0) is 27.7 Å². The zero-order valence-electron chi connectivity index (χ0n) is 14.4. The number of hydrogen-bond donors (Lipinski definition) is 2. The molecule has 0 saturated carbocycles. The van der Waals surface area contributed by atoms with E-state index in [0.717, 1.165) is 13.8 Å². The zero-order valence-corrected chi connectivity index (χ0v) is 16.0. The number of ether oxygens (including phenoxy) is 2. The number of esters is 4. The molecule has 0 radical (unpaired) electrons. The fourth-order valence-electron chi connectivity index (χ4n) is 0.321. The van der Waals surface area contributed by atoms with E-state index in [1.54, 1.807) is 27.7 Å². The quantitative estimate of drug-likeness (QED) is 0.275. The van der Waals surface area contributed by atoms with Gasteiger partial charge in [0.2, 0.25) is 0 Å².